The van der Waals surface area contributed by atoms with Gasteiger partial charge in [0.2, 0.25) is 6.29 Å². The van der Waals surface area contributed by atoms with E-state index in [2.05, 4.69) is 36.9 Å². The Balaban J connectivity index is 1.92. The normalized spacial score (nSPS) is 13.2. The summed E-state index contributed by atoms with van der Waals surface area (Å²) in [4.78, 5) is 11.3. The number of unbranched alkanes of at least 4 members (excludes halogenated alkanes) is 7. The number of ether oxygens (including phenoxy) is 1. The zero-order valence-electron chi connectivity index (χ0n) is 16.0. The second kappa shape index (κ2) is 13.5. The smallest absolute Gasteiger partial charge is 0.335 e. The number of carbonyl (C=O) groups is 1. The average Bonchev–Trinajstić information content (AvgIpc) is 2.63. The maximum absolute atomic E-state index is 11.3. The number of benzene rings is 1. The molecule has 146 valence electrons. The van der Waals surface area contributed by atoms with Gasteiger partial charge in [-0.1, -0.05) is 81.9 Å². The largest absolute Gasteiger partial charge is 0.430 e. The Morgan fingerprint density at radius 1 is 0.962 bits per heavy atom. The predicted molar refractivity (Wildman–Crippen MR) is 105 cm³/mol. The first-order chi connectivity index (χ1) is 12.5. The Labute approximate surface area is 157 Å². The van der Waals surface area contributed by atoms with Gasteiger partial charge in [0.05, 0.1) is 0 Å². The molecule has 0 aliphatic heterocycles. The molecular formula is C22H34O4. The molecule has 0 heterocycles. The van der Waals surface area contributed by atoms with E-state index in [1.807, 2.05) is 0 Å². The highest BCUT2D eigenvalue weighted by Gasteiger charge is 2.20. The summed E-state index contributed by atoms with van der Waals surface area (Å²) in [6.45, 7) is 4.94. The lowest BCUT2D eigenvalue weighted by atomic mass is 10.0. The fourth-order valence-corrected chi connectivity index (χ4v) is 2.82. The van der Waals surface area contributed by atoms with E-state index >= 15 is 0 Å². The quantitative estimate of drug-likeness (QED) is 0.221. The van der Waals surface area contributed by atoms with Crippen molar-refractivity contribution in [1.29, 1.82) is 0 Å². The second-order valence-electron chi connectivity index (χ2n) is 7.00. The van der Waals surface area contributed by atoms with Crippen LogP contribution in [0.1, 0.15) is 70.3 Å². The molecule has 1 rings (SSSR count). The van der Waals surface area contributed by atoms with Crippen molar-refractivity contribution in [1.82, 2.24) is 0 Å². The van der Waals surface area contributed by atoms with Gasteiger partial charge in [0.15, 0.2) is 0 Å². The second-order valence-corrected chi connectivity index (χ2v) is 7.00. The number of hydrogen-bond donors (Lipinski definition) is 2. The molecule has 0 radical (unpaired) electrons. The third-order valence-corrected chi connectivity index (χ3v) is 4.46. The van der Waals surface area contributed by atoms with E-state index in [-0.39, 0.29) is 5.57 Å². The van der Waals surface area contributed by atoms with Crippen molar-refractivity contribution in [3.63, 3.8) is 0 Å². The molecule has 4 heteroatoms. The molecule has 0 saturated heterocycles. The number of aliphatic hydroxyl groups is 2. The maximum atomic E-state index is 11.3. The highest BCUT2D eigenvalue weighted by atomic mass is 16.6. The minimum Gasteiger partial charge on any atom is -0.430 e. The van der Waals surface area contributed by atoms with Crippen LogP contribution in [0.3, 0.4) is 0 Å². The van der Waals surface area contributed by atoms with Crippen molar-refractivity contribution < 1.29 is 19.7 Å². The number of rotatable bonds is 14. The van der Waals surface area contributed by atoms with Crippen LogP contribution in [0.2, 0.25) is 0 Å². The topological polar surface area (TPSA) is 66.8 Å². The summed E-state index contributed by atoms with van der Waals surface area (Å²) < 4.78 is 4.71. The first-order valence-electron chi connectivity index (χ1n) is 9.77. The Kier molecular flexibility index (Phi) is 11.7. The van der Waals surface area contributed by atoms with Crippen LogP contribution in [0, 0.1) is 0 Å². The Morgan fingerprint density at radius 3 is 2.08 bits per heavy atom. The van der Waals surface area contributed by atoms with Gasteiger partial charge in [-0.15, -0.1) is 0 Å². The number of hydrogen-bond acceptors (Lipinski definition) is 4. The molecule has 0 spiro atoms. The number of aliphatic hydroxyl groups excluding tert-OH is 2. The van der Waals surface area contributed by atoms with Gasteiger partial charge in [-0.2, -0.15) is 0 Å². The molecule has 4 nitrogen and oxygen atoms in total. The van der Waals surface area contributed by atoms with E-state index in [0.717, 1.165) is 25.7 Å². The van der Waals surface area contributed by atoms with Gasteiger partial charge >= 0.3 is 5.97 Å². The van der Waals surface area contributed by atoms with Crippen molar-refractivity contribution >= 4 is 5.97 Å². The maximum Gasteiger partial charge on any atom is 0.335 e. The van der Waals surface area contributed by atoms with E-state index < -0.39 is 18.4 Å². The zero-order valence-corrected chi connectivity index (χ0v) is 16.0. The van der Waals surface area contributed by atoms with Crippen molar-refractivity contribution in [2.45, 2.75) is 83.5 Å². The molecular weight excluding hydrogens is 328 g/mol. The zero-order chi connectivity index (χ0) is 19.2. The molecule has 2 N–H and O–H groups in total. The highest BCUT2D eigenvalue weighted by molar-refractivity contribution is 5.87. The van der Waals surface area contributed by atoms with Crippen molar-refractivity contribution in [3.8, 4) is 0 Å². The van der Waals surface area contributed by atoms with Crippen molar-refractivity contribution in [3.05, 3.63) is 48.0 Å². The Morgan fingerprint density at radius 2 is 1.50 bits per heavy atom. The summed E-state index contributed by atoms with van der Waals surface area (Å²) in [5.41, 5.74) is 1.63. The van der Waals surface area contributed by atoms with Crippen molar-refractivity contribution in [2.75, 3.05) is 0 Å². The summed E-state index contributed by atoms with van der Waals surface area (Å²) in [5.74, 6) is -0.677. The first-order valence-corrected chi connectivity index (χ1v) is 9.77. The van der Waals surface area contributed by atoms with E-state index in [1.54, 1.807) is 0 Å². The summed E-state index contributed by atoms with van der Waals surface area (Å²) in [6.07, 6.45) is 8.30. The molecule has 2 atom stereocenters. The third-order valence-electron chi connectivity index (χ3n) is 4.46. The van der Waals surface area contributed by atoms with Gasteiger partial charge in [0.1, 0.15) is 6.10 Å². The minimum absolute atomic E-state index is 0.208. The number of esters is 1. The molecule has 2 unspecified atom stereocenters. The lowest BCUT2D eigenvalue weighted by Gasteiger charge is -2.18. The molecule has 0 bridgehead atoms. The van der Waals surface area contributed by atoms with Gasteiger partial charge in [-0.3, -0.25) is 0 Å². The molecule has 0 amide bonds. The first kappa shape index (κ1) is 22.4. The Bertz CT molecular complexity index is 512. The highest BCUT2D eigenvalue weighted by Crippen LogP contribution is 2.14. The lowest BCUT2D eigenvalue weighted by Crippen LogP contribution is -2.31. The monoisotopic (exact) mass is 362 g/mol. The van der Waals surface area contributed by atoms with E-state index in [0.29, 0.717) is 6.42 Å². The van der Waals surface area contributed by atoms with Crippen LogP contribution in [-0.4, -0.2) is 28.6 Å². The van der Waals surface area contributed by atoms with Crippen LogP contribution in [0.4, 0.5) is 0 Å². The average molecular weight is 363 g/mol. The standard InChI is InChI=1S/C22H34O4/c1-18(2)21(24)26-22(25)20(23)17-13-8-6-4-3-5-7-10-14-19-15-11-9-12-16-19/h9,11-12,15-16,20,22-23,25H,1,3-8,10,13-14,17H2,2H3. The number of aryl methyl sites for hydroxylation is 1. The lowest BCUT2D eigenvalue weighted by molar-refractivity contribution is -0.183. The minimum atomic E-state index is -1.47. The van der Waals surface area contributed by atoms with E-state index in [1.165, 1.54) is 44.6 Å². The third kappa shape index (κ3) is 10.4. The molecule has 1 aromatic rings. The van der Waals surface area contributed by atoms with Crippen LogP contribution < -0.4 is 0 Å². The fourth-order valence-electron chi connectivity index (χ4n) is 2.82. The van der Waals surface area contributed by atoms with Crippen LogP contribution in [0.5, 0.6) is 0 Å². The predicted octanol–water partition coefficient (Wildman–Crippen LogP) is 4.54. The fraction of sp³-hybridized carbons (Fsp3) is 0.591. The summed E-state index contributed by atoms with van der Waals surface area (Å²) in [7, 11) is 0. The van der Waals surface area contributed by atoms with Crippen LogP contribution >= 0.6 is 0 Å². The van der Waals surface area contributed by atoms with Crippen LogP contribution in [0.25, 0.3) is 0 Å². The van der Waals surface area contributed by atoms with Crippen LogP contribution in [-0.2, 0) is 16.0 Å². The summed E-state index contributed by atoms with van der Waals surface area (Å²) in [5, 5.41) is 19.4. The summed E-state index contributed by atoms with van der Waals surface area (Å²) >= 11 is 0. The van der Waals surface area contributed by atoms with Crippen molar-refractivity contribution in [2.24, 2.45) is 0 Å². The van der Waals surface area contributed by atoms with Crippen LogP contribution in [0.15, 0.2) is 42.5 Å². The molecule has 0 aliphatic rings. The van der Waals surface area contributed by atoms with E-state index in [4.69, 9.17) is 4.74 Å². The SMILES string of the molecule is C=C(C)C(=O)OC(O)C(O)CCCCCCCCCCc1ccccc1. The molecule has 0 fully saturated rings. The van der Waals surface area contributed by atoms with Gasteiger partial charge in [0.25, 0.3) is 0 Å². The van der Waals surface area contributed by atoms with Gasteiger partial charge in [-0.25, -0.2) is 4.79 Å². The molecule has 0 saturated carbocycles. The molecule has 26 heavy (non-hydrogen) atoms. The Hall–Kier alpha value is -1.65. The van der Waals surface area contributed by atoms with Gasteiger partial charge < -0.3 is 14.9 Å². The number of carbonyl (C=O) groups excluding carboxylic acids is 1. The molecule has 0 aliphatic carbocycles. The van der Waals surface area contributed by atoms with Gasteiger partial charge in [-0.05, 0) is 31.7 Å². The summed E-state index contributed by atoms with van der Waals surface area (Å²) in [6, 6.07) is 10.6. The van der Waals surface area contributed by atoms with Gasteiger partial charge in [0, 0.05) is 5.57 Å². The van der Waals surface area contributed by atoms with E-state index in [9.17, 15) is 15.0 Å². The molecule has 1 aromatic carbocycles. The molecule has 0 aromatic heterocycles.